The van der Waals surface area contributed by atoms with Gasteiger partial charge in [-0.1, -0.05) is 18.6 Å². The summed E-state index contributed by atoms with van der Waals surface area (Å²) in [7, 11) is 0. The number of carboxylic acid groups (broad SMARTS) is 1. The van der Waals surface area contributed by atoms with E-state index in [2.05, 4.69) is 11.4 Å². The van der Waals surface area contributed by atoms with Crippen molar-refractivity contribution in [2.45, 2.75) is 25.7 Å². The molecule has 1 fully saturated rings. The molecule has 2 amide bonds. The SMILES string of the molecule is O=C(O)C1CCCC1CNC(=O)N1CC=CCC1. The van der Waals surface area contributed by atoms with Gasteiger partial charge in [-0.15, -0.1) is 0 Å². The number of amides is 2. The Bertz CT molecular complexity index is 354. The number of nitrogens with one attached hydrogen (secondary N) is 1. The highest BCUT2D eigenvalue weighted by Crippen LogP contribution is 2.31. The van der Waals surface area contributed by atoms with Crippen molar-refractivity contribution >= 4 is 12.0 Å². The van der Waals surface area contributed by atoms with E-state index < -0.39 is 5.97 Å². The van der Waals surface area contributed by atoms with Crippen LogP contribution in [0.4, 0.5) is 4.79 Å². The summed E-state index contributed by atoms with van der Waals surface area (Å²) in [5.74, 6) is -0.925. The summed E-state index contributed by atoms with van der Waals surface area (Å²) in [5.41, 5.74) is 0. The molecular formula is C13H20N2O3. The standard InChI is InChI=1S/C13H20N2O3/c16-12(17)11-6-4-5-10(11)9-14-13(18)15-7-2-1-3-8-15/h1-2,10-11H,3-9H2,(H,14,18)(H,16,17). The zero-order valence-corrected chi connectivity index (χ0v) is 10.5. The fourth-order valence-corrected chi connectivity index (χ4v) is 2.76. The first-order chi connectivity index (χ1) is 8.68. The zero-order valence-electron chi connectivity index (χ0n) is 10.5. The van der Waals surface area contributed by atoms with Crippen LogP contribution in [0.2, 0.25) is 0 Å². The van der Waals surface area contributed by atoms with Crippen molar-refractivity contribution in [2.24, 2.45) is 11.8 Å². The van der Waals surface area contributed by atoms with Gasteiger partial charge in [-0.3, -0.25) is 4.79 Å². The molecule has 0 aromatic heterocycles. The molecule has 5 nitrogen and oxygen atoms in total. The van der Waals surface area contributed by atoms with E-state index in [1.165, 1.54) is 0 Å². The van der Waals surface area contributed by atoms with Crippen molar-refractivity contribution in [3.63, 3.8) is 0 Å². The molecule has 2 rings (SSSR count). The smallest absolute Gasteiger partial charge is 0.317 e. The molecule has 0 saturated heterocycles. The van der Waals surface area contributed by atoms with Gasteiger partial charge in [-0.25, -0.2) is 4.79 Å². The van der Waals surface area contributed by atoms with Crippen LogP contribution < -0.4 is 5.32 Å². The molecule has 18 heavy (non-hydrogen) atoms. The minimum atomic E-state index is -0.729. The van der Waals surface area contributed by atoms with Crippen LogP contribution in [0.25, 0.3) is 0 Å². The van der Waals surface area contributed by atoms with Crippen molar-refractivity contribution in [3.8, 4) is 0 Å². The highest BCUT2D eigenvalue weighted by atomic mass is 16.4. The number of aliphatic carboxylic acids is 1. The maximum atomic E-state index is 11.9. The summed E-state index contributed by atoms with van der Waals surface area (Å²) in [6, 6.07) is -0.0737. The molecule has 100 valence electrons. The van der Waals surface area contributed by atoms with Gasteiger partial charge in [-0.05, 0) is 25.2 Å². The number of rotatable bonds is 3. The van der Waals surface area contributed by atoms with Crippen LogP contribution in [-0.4, -0.2) is 41.6 Å². The van der Waals surface area contributed by atoms with Gasteiger partial charge in [0, 0.05) is 19.6 Å². The van der Waals surface area contributed by atoms with Gasteiger partial charge in [0.1, 0.15) is 0 Å². The first-order valence-corrected chi connectivity index (χ1v) is 6.59. The van der Waals surface area contributed by atoms with E-state index >= 15 is 0 Å². The third-order valence-electron chi connectivity index (χ3n) is 3.84. The Labute approximate surface area is 107 Å². The highest BCUT2D eigenvalue weighted by molar-refractivity contribution is 5.75. The van der Waals surface area contributed by atoms with Crippen LogP contribution >= 0.6 is 0 Å². The van der Waals surface area contributed by atoms with Crippen LogP contribution in [0.3, 0.4) is 0 Å². The predicted molar refractivity (Wildman–Crippen MR) is 67.2 cm³/mol. The Balaban J connectivity index is 1.78. The molecule has 1 aliphatic heterocycles. The quantitative estimate of drug-likeness (QED) is 0.747. The Hall–Kier alpha value is -1.52. The Kier molecular flexibility index (Phi) is 4.23. The molecule has 0 aromatic carbocycles. The molecule has 2 unspecified atom stereocenters. The van der Waals surface area contributed by atoms with Crippen molar-refractivity contribution in [3.05, 3.63) is 12.2 Å². The number of carboxylic acids is 1. The number of nitrogens with zero attached hydrogens (tertiary/aromatic N) is 1. The molecule has 1 heterocycles. The van der Waals surface area contributed by atoms with Gasteiger partial charge in [0.15, 0.2) is 0 Å². The largest absolute Gasteiger partial charge is 0.481 e. The van der Waals surface area contributed by atoms with Crippen LogP contribution in [0.15, 0.2) is 12.2 Å². The van der Waals surface area contributed by atoms with E-state index in [1.54, 1.807) is 4.90 Å². The Morgan fingerprint density at radius 3 is 2.83 bits per heavy atom. The van der Waals surface area contributed by atoms with E-state index in [1.807, 2.05) is 6.08 Å². The minimum absolute atomic E-state index is 0.0737. The highest BCUT2D eigenvalue weighted by Gasteiger charge is 2.33. The second-order valence-electron chi connectivity index (χ2n) is 5.03. The molecule has 0 spiro atoms. The molecular weight excluding hydrogens is 232 g/mol. The fraction of sp³-hybridized carbons (Fsp3) is 0.692. The Morgan fingerprint density at radius 2 is 2.17 bits per heavy atom. The van der Waals surface area contributed by atoms with Gasteiger partial charge < -0.3 is 15.3 Å². The average molecular weight is 252 g/mol. The molecule has 2 atom stereocenters. The maximum Gasteiger partial charge on any atom is 0.317 e. The molecule has 1 aliphatic carbocycles. The second-order valence-corrected chi connectivity index (χ2v) is 5.03. The van der Waals surface area contributed by atoms with Crippen LogP contribution in [0, 0.1) is 11.8 Å². The molecule has 2 aliphatic rings. The minimum Gasteiger partial charge on any atom is -0.481 e. The van der Waals surface area contributed by atoms with E-state index in [9.17, 15) is 9.59 Å². The van der Waals surface area contributed by atoms with Crippen LogP contribution in [0.1, 0.15) is 25.7 Å². The molecule has 0 bridgehead atoms. The summed E-state index contributed by atoms with van der Waals surface area (Å²) in [4.78, 5) is 24.6. The lowest BCUT2D eigenvalue weighted by Crippen LogP contribution is -2.44. The van der Waals surface area contributed by atoms with E-state index in [4.69, 9.17) is 5.11 Å². The molecule has 0 aromatic rings. The summed E-state index contributed by atoms with van der Waals surface area (Å²) >= 11 is 0. The van der Waals surface area contributed by atoms with Gasteiger partial charge in [0.05, 0.1) is 5.92 Å². The average Bonchev–Trinajstić information content (AvgIpc) is 2.85. The monoisotopic (exact) mass is 252 g/mol. The topological polar surface area (TPSA) is 69.6 Å². The Morgan fingerprint density at radius 1 is 1.33 bits per heavy atom. The number of hydrogen-bond donors (Lipinski definition) is 2. The molecule has 5 heteroatoms. The third-order valence-corrected chi connectivity index (χ3v) is 3.84. The van der Waals surface area contributed by atoms with E-state index in [-0.39, 0.29) is 17.9 Å². The van der Waals surface area contributed by atoms with Gasteiger partial charge >= 0.3 is 12.0 Å². The first kappa shape index (κ1) is 12.9. The van der Waals surface area contributed by atoms with Crippen molar-refractivity contribution in [2.75, 3.05) is 19.6 Å². The molecule has 1 saturated carbocycles. The lowest BCUT2D eigenvalue weighted by molar-refractivity contribution is -0.142. The number of carbonyl (C=O) groups excluding carboxylic acids is 1. The third kappa shape index (κ3) is 3.03. The van der Waals surface area contributed by atoms with Crippen LogP contribution in [-0.2, 0) is 4.79 Å². The predicted octanol–water partition coefficient (Wildman–Crippen LogP) is 1.46. The molecule has 2 N–H and O–H groups in total. The fourth-order valence-electron chi connectivity index (χ4n) is 2.76. The molecule has 0 radical (unpaired) electrons. The normalized spacial score (nSPS) is 27.2. The lowest BCUT2D eigenvalue weighted by atomic mass is 9.96. The summed E-state index contributed by atoms with van der Waals surface area (Å²) in [6.45, 7) is 1.88. The van der Waals surface area contributed by atoms with Gasteiger partial charge in [0.25, 0.3) is 0 Å². The van der Waals surface area contributed by atoms with E-state index in [0.29, 0.717) is 13.1 Å². The summed E-state index contributed by atoms with van der Waals surface area (Å²) in [6.07, 6.45) is 7.54. The van der Waals surface area contributed by atoms with Crippen molar-refractivity contribution < 1.29 is 14.7 Å². The first-order valence-electron chi connectivity index (χ1n) is 6.59. The number of hydrogen-bond acceptors (Lipinski definition) is 2. The zero-order chi connectivity index (χ0) is 13.0. The van der Waals surface area contributed by atoms with Gasteiger partial charge in [0.2, 0.25) is 0 Å². The summed E-state index contributed by atoms with van der Waals surface area (Å²) in [5, 5.41) is 11.9. The van der Waals surface area contributed by atoms with E-state index in [0.717, 1.165) is 32.2 Å². The maximum absolute atomic E-state index is 11.9. The van der Waals surface area contributed by atoms with Crippen LogP contribution in [0.5, 0.6) is 0 Å². The number of urea groups is 1. The van der Waals surface area contributed by atoms with Crippen molar-refractivity contribution in [1.29, 1.82) is 0 Å². The second kappa shape index (κ2) is 5.89. The number of carbonyl (C=O) groups is 2. The lowest BCUT2D eigenvalue weighted by Gasteiger charge is -2.25. The summed E-state index contributed by atoms with van der Waals surface area (Å²) < 4.78 is 0. The van der Waals surface area contributed by atoms with Crippen molar-refractivity contribution in [1.82, 2.24) is 10.2 Å². The van der Waals surface area contributed by atoms with Gasteiger partial charge in [-0.2, -0.15) is 0 Å².